The Labute approximate surface area is 195 Å². The first-order chi connectivity index (χ1) is 16.0. The lowest BCUT2D eigenvalue weighted by atomic mass is 10.1. The highest BCUT2D eigenvalue weighted by Gasteiger charge is 2.22. The largest absolute Gasteiger partial charge is 0.495 e. The maximum Gasteiger partial charge on any atom is 0.341 e. The van der Waals surface area contributed by atoms with Gasteiger partial charge in [0.25, 0.3) is 11.6 Å². The van der Waals surface area contributed by atoms with Crippen LogP contribution in [0, 0.1) is 10.1 Å². The molecule has 0 aliphatic rings. The molecule has 2 rings (SSSR count). The Hall–Kier alpha value is -3.75. The summed E-state index contributed by atoms with van der Waals surface area (Å²) in [4.78, 5) is 35.1. The third-order valence-corrected chi connectivity index (χ3v) is 6.23. The lowest BCUT2D eigenvalue weighted by molar-refractivity contribution is -0.384. The number of nitrogens with zero attached hydrogens (tertiary/aromatic N) is 2. The summed E-state index contributed by atoms with van der Waals surface area (Å²) in [5.41, 5.74) is -0.359. The Morgan fingerprint density at radius 3 is 2.44 bits per heavy atom. The number of amides is 1. The molecule has 34 heavy (non-hydrogen) atoms. The van der Waals surface area contributed by atoms with Gasteiger partial charge in [-0.05, 0) is 24.3 Å². The van der Waals surface area contributed by atoms with E-state index in [1.807, 2.05) is 0 Å². The predicted molar refractivity (Wildman–Crippen MR) is 121 cm³/mol. The SMILES string of the molecule is COc1ccc(S(=O)(=O)N(C)C)cc1NC(=O)COC(=O)c1cc([N+](=O)[O-])ccc1NCCO. The van der Waals surface area contributed by atoms with Gasteiger partial charge in [0.05, 0.1) is 34.8 Å². The first-order valence-electron chi connectivity index (χ1n) is 9.72. The number of anilines is 2. The van der Waals surface area contributed by atoms with Crippen molar-refractivity contribution in [3.63, 3.8) is 0 Å². The maximum atomic E-state index is 12.5. The fourth-order valence-electron chi connectivity index (χ4n) is 2.71. The number of hydrogen-bond donors (Lipinski definition) is 3. The number of benzene rings is 2. The van der Waals surface area contributed by atoms with E-state index in [0.717, 1.165) is 10.4 Å². The zero-order chi connectivity index (χ0) is 25.5. The van der Waals surface area contributed by atoms with Crippen molar-refractivity contribution in [1.29, 1.82) is 0 Å². The molecule has 0 saturated carbocycles. The Bertz CT molecular complexity index is 1180. The molecule has 0 aromatic heterocycles. The van der Waals surface area contributed by atoms with Crippen molar-refractivity contribution in [2.75, 3.05) is 51.6 Å². The van der Waals surface area contributed by atoms with Crippen molar-refractivity contribution in [3.05, 3.63) is 52.1 Å². The lowest BCUT2D eigenvalue weighted by Gasteiger charge is -2.15. The number of methoxy groups -OCH3 is 1. The second-order valence-corrected chi connectivity index (χ2v) is 9.06. The van der Waals surface area contributed by atoms with E-state index >= 15 is 0 Å². The number of aliphatic hydroxyl groups excluding tert-OH is 1. The van der Waals surface area contributed by atoms with Gasteiger partial charge in [0.2, 0.25) is 10.0 Å². The van der Waals surface area contributed by atoms with Gasteiger partial charge in [0.1, 0.15) is 5.75 Å². The van der Waals surface area contributed by atoms with E-state index in [0.29, 0.717) is 0 Å². The van der Waals surface area contributed by atoms with Crippen LogP contribution in [-0.4, -0.2) is 75.6 Å². The number of carbonyl (C=O) groups excluding carboxylic acids is 2. The number of esters is 1. The topological polar surface area (TPSA) is 177 Å². The molecule has 0 atom stereocenters. The van der Waals surface area contributed by atoms with Gasteiger partial charge in [-0.15, -0.1) is 0 Å². The first kappa shape index (κ1) is 26.5. The van der Waals surface area contributed by atoms with Crippen molar-refractivity contribution in [2.24, 2.45) is 0 Å². The zero-order valence-electron chi connectivity index (χ0n) is 18.6. The van der Waals surface area contributed by atoms with Crippen molar-refractivity contribution < 1.29 is 37.5 Å². The predicted octanol–water partition coefficient (Wildman–Crippen LogP) is 1.05. The molecule has 0 aliphatic carbocycles. The molecule has 0 heterocycles. The fourth-order valence-corrected chi connectivity index (χ4v) is 3.64. The van der Waals surface area contributed by atoms with Crippen LogP contribution in [0.3, 0.4) is 0 Å². The van der Waals surface area contributed by atoms with Crippen LogP contribution in [0.25, 0.3) is 0 Å². The number of aliphatic hydroxyl groups is 1. The highest BCUT2D eigenvalue weighted by Crippen LogP contribution is 2.28. The standard InChI is InChI=1S/C20H24N4O9S/c1-23(2)34(30,31)14-5-7-18(32-3)17(11-14)22-19(26)12-33-20(27)15-10-13(24(28)29)4-6-16(15)21-8-9-25/h4-7,10-11,21,25H,8-9,12H2,1-3H3,(H,22,26). The number of nitrogens with one attached hydrogen (secondary N) is 2. The van der Waals surface area contributed by atoms with Gasteiger partial charge in [0, 0.05) is 38.5 Å². The molecule has 0 spiro atoms. The molecule has 0 radical (unpaired) electrons. The fraction of sp³-hybridized carbons (Fsp3) is 0.300. The summed E-state index contributed by atoms with van der Waals surface area (Å²) < 4.78 is 35.8. The second-order valence-electron chi connectivity index (χ2n) is 6.91. The van der Waals surface area contributed by atoms with Gasteiger partial charge < -0.3 is 25.2 Å². The lowest BCUT2D eigenvalue weighted by Crippen LogP contribution is -2.24. The van der Waals surface area contributed by atoms with Gasteiger partial charge in [-0.1, -0.05) is 0 Å². The van der Waals surface area contributed by atoms with Crippen LogP contribution in [0.5, 0.6) is 5.75 Å². The van der Waals surface area contributed by atoms with E-state index in [-0.39, 0.29) is 46.4 Å². The highest BCUT2D eigenvalue weighted by molar-refractivity contribution is 7.89. The van der Waals surface area contributed by atoms with Gasteiger partial charge >= 0.3 is 5.97 Å². The van der Waals surface area contributed by atoms with E-state index in [9.17, 15) is 28.1 Å². The van der Waals surface area contributed by atoms with Crippen LogP contribution in [0.15, 0.2) is 41.3 Å². The number of hydrogen-bond acceptors (Lipinski definition) is 10. The van der Waals surface area contributed by atoms with E-state index < -0.39 is 33.4 Å². The highest BCUT2D eigenvalue weighted by atomic mass is 32.2. The van der Waals surface area contributed by atoms with Gasteiger partial charge in [0.15, 0.2) is 6.61 Å². The smallest absolute Gasteiger partial charge is 0.341 e. The van der Waals surface area contributed by atoms with E-state index in [1.165, 1.54) is 51.5 Å². The summed E-state index contributed by atoms with van der Waals surface area (Å²) in [6, 6.07) is 7.31. The monoisotopic (exact) mass is 496 g/mol. The van der Waals surface area contributed by atoms with E-state index in [4.69, 9.17) is 14.6 Å². The molecular weight excluding hydrogens is 472 g/mol. The van der Waals surface area contributed by atoms with Crippen LogP contribution < -0.4 is 15.4 Å². The van der Waals surface area contributed by atoms with Gasteiger partial charge in [-0.3, -0.25) is 14.9 Å². The van der Waals surface area contributed by atoms with Crippen LogP contribution in [0.1, 0.15) is 10.4 Å². The molecule has 184 valence electrons. The summed E-state index contributed by atoms with van der Waals surface area (Å²) in [5.74, 6) is -1.65. The second kappa shape index (κ2) is 11.4. The Balaban J connectivity index is 2.19. The number of non-ortho nitro benzene ring substituents is 1. The maximum absolute atomic E-state index is 12.5. The average molecular weight is 496 g/mol. The molecule has 2 aromatic carbocycles. The summed E-state index contributed by atoms with van der Waals surface area (Å²) in [7, 11) is 0.256. The average Bonchev–Trinajstić information content (AvgIpc) is 2.80. The minimum atomic E-state index is -3.78. The van der Waals surface area contributed by atoms with Crippen molar-refractivity contribution >= 4 is 39.0 Å². The Morgan fingerprint density at radius 1 is 1.15 bits per heavy atom. The third-order valence-electron chi connectivity index (χ3n) is 4.42. The van der Waals surface area contributed by atoms with Gasteiger partial charge in [-0.25, -0.2) is 17.5 Å². The number of rotatable bonds is 11. The summed E-state index contributed by atoms with van der Waals surface area (Å²) in [6.45, 7) is -0.947. The molecule has 13 nitrogen and oxygen atoms in total. The molecule has 2 aromatic rings. The molecule has 14 heteroatoms. The van der Waals surface area contributed by atoms with Crippen LogP contribution in [0.2, 0.25) is 0 Å². The molecular formula is C20H24N4O9S. The minimum absolute atomic E-state index is 0.0344. The molecule has 1 amide bonds. The quantitative estimate of drug-likeness (QED) is 0.231. The number of nitro groups is 1. The third kappa shape index (κ3) is 6.40. The molecule has 0 aliphatic heterocycles. The zero-order valence-corrected chi connectivity index (χ0v) is 19.4. The number of ether oxygens (including phenoxy) is 2. The number of carbonyl (C=O) groups is 2. The molecule has 0 bridgehead atoms. The molecule has 0 saturated heterocycles. The van der Waals surface area contributed by atoms with Crippen LogP contribution in [-0.2, 0) is 19.6 Å². The van der Waals surface area contributed by atoms with E-state index in [2.05, 4.69) is 10.6 Å². The Kier molecular flexibility index (Phi) is 8.89. The van der Waals surface area contributed by atoms with Crippen molar-refractivity contribution in [1.82, 2.24) is 4.31 Å². The summed E-state index contributed by atoms with van der Waals surface area (Å²) >= 11 is 0. The van der Waals surface area contributed by atoms with Gasteiger partial charge in [-0.2, -0.15) is 0 Å². The normalized spacial score (nSPS) is 11.1. The summed E-state index contributed by atoms with van der Waals surface area (Å²) in [5, 5.41) is 25.2. The number of nitro benzene ring substituents is 1. The van der Waals surface area contributed by atoms with Crippen LogP contribution in [0.4, 0.5) is 17.1 Å². The molecule has 3 N–H and O–H groups in total. The number of sulfonamides is 1. The van der Waals surface area contributed by atoms with Crippen molar-refractivity contribution in [2.45, 2.75) is 4.90 Å². The molecule has 0 fully saturated rings. The van der Waals surface area contributed by atoms with E-state index in [1.54, 1.807) is 0 Å². The van der Waals surface area contributed by atoms with Crippen molar-refractivity contribution in [3.8, 4) is 5.75 Å². The summed E-state index contributed by atoms with van der Waals surface area (Å²) in [6.07, 6.45) is 0. The Morgan fingerprint density at radius 2 is 1.85 bits per heavy atom. The molecule has 0 unspecified atom stereocenters. The first-order valence-corrected chi connectivity index (χ1v) is 11.2. The minimum Gasteiger partial charge on any atom is -0.495 e. The van der Waals surface area contributed by atoms with Crippen LogP contribution >= 0.6 is 0 Å².